The van der Waals surface area contributed by atoms with Crippen molar-refractivity contribution in [2.24, 2.45) is 0 Å². The number of nitro groups is 1. The second-order valence-corrected chi connectivity index (χ2v) is 6.96. The Hall–Kier alpha value is -4.35. The number of carbonyl (C=O) groups is 1. The molecular weight excluding hydrogens is 402 g/mol. The average molecular weight is 421 g/mol. The van der Waals surface area contributed by atoms with Crippen molar-refractivity contribution < 1.29 is 9.72 Å². The molecule has 12 heteroatoms. The quantitative estimate of drug-likeness (QED) is 0.356. The first-order valence-electron chi connectivity index (χ1n) is 9.36. The van der Waals surface area contributed by atoms with Crippen LogP contribution in [0.25, 0.3) is 0 Å². The highest BCUT2D eigenvalue weighted by Gasteiger charge is 2.15. The number of hydrogen-bond acceptors (Lipinski definition) is 7. The van der Waals surface area contributed by atoms with Crippen molar-refractivity contribution in [2.75, 3.05) is 5.32 Å². The molecule has 0 aliphatic rings. The molecule has 12 nitrogen and oxygen atoms in total. The van der Waals surface area contributed by atoms with Gasteiger partial charge >= 0.3 is 5.95 Å². The minimum absolute atomic E-state index is 0.0895. The van der Waals surface area contributed by atoms with Crippen molar-refractivity contribution in [1.29, 1.82) is 0 Å². The van der Waals surface area contributed by atoms with E-state index >= 15 is 0 Å². The third kappa shape index (κ3) is 4.63. The number of aryl methyl sites for hydroxylation is 2. The maximum atomic E-state index is 12.6. The standard InChI is InChI=1S/C19H19N9O3/c1-13-8-14(2)27(22-13)10-15-4-3-5-16(9-15)21-18(29)17-6-7-25(23-17)12-26-11-20-19(24-26)28(30)31/h3-9,11H,10,12H2,1-2H3,(H,21,29). The van der Waals surface area contributed by atoms with E-state index in [4.69, 9.17) is 0 Å². The summed E-state index contributed by atoms with van der Waals surface area (Å²) < 4.78 is 4.61. The van der Waals surface area contributed by atoms with Crippen LogP contribution in [0.3, 0.4) is 0 Å². The Kier molecular flexibility index (Phi) is 5.26. The van der Waals surface area contributed by atoms with Gasteiger partial charge in [0.05, 0.1) is 12.2 Å². The number of anilines is 1. The number of benzene rings is 1. The molecular formula is C19H19N9O3. The summed E-state index contributed by atoms with van der Waals surface area (Å²) in [4.78, 5) is 26.1. The van der Waals surface area contributed by atoms with Crippen LogP contribution < -0.4 is 5.32 Å². The minimum Gasteiger partial charge on any atom is -0.390 e. The topological polar surface area (TPSA) is 139 Å². The summed E-state index contributed by atoms with van der Waals surface area (Å²) in [6.07, 6.45) is 2.82. The van der Waals surface area contributed by atoms with Gasteiger partial charge in [-0.15, -0.1) is 0 Å². The normalized spacial score (nSPS) is 10.9. The van der Waals surface area contributed by atoms with Gasteiger partial charge in [-0.2, -0.15) is 14.9 Å². The molecule has 1 aromatic carbocycles. The zero-order valence-corrected chi connectivity index (χ0v) is 16.8. The lowest BCUT2D eigenvalue weighted by atomic mass is 10.2. The molecule has 158 valence electrons. The number of amides is 1. The third-order valence-corrected chi connectivity index (χ3v) is 4.47. The average Bonchev–Trinajstić information content (AvgIpc) is 3.44. The SMILES string of the molecule is Cc1cc(C)n(Cc2cccc(NC(=O)c3ccn(Cn4cnc([N+](=O)[O-])n4)n3)c2)n1. The highest BCUT2D eigenvalue weighted by molar-refractivity contribution is 6.02. The fraction of sp³-hybridized carbons (Fsp3) is 0.211. The molecule has 1 N–H and O–H groups in total. The second-order valence-electron chi connectivity index (χ2n) is 6.96. The predicted octanol–water partition coefficient (Wildman–Crippen LogP) is 2.00. The molecule has 31 heavy (non-hydrogen) atoms. The molecule has 0 bridgehead atoms. The highest BCUT2D eigenvalue weighted by atomic mass is 16.6. The molecule has 0 fully saturated rings. The lowest BCUT2D eigenvalue weighted by molar-refractivity contribution is -0.394. The van der Waals surface area contributed by atoms with Gasteiger partial charge in [-0.3, -0.25) is 9.48 Å². The molecule has 4 aromatic rings. The second kappa shape index (κ2) is 8.18. The van der Waals surface area contributed by atoms with Crippen LogP contribution in [0.15, 0.2) is 48.9 Å². The Bertz CT molecular complexity index is 1250. The number of nitrogens with one attached hydrogen (secondary N) is 1. The largest absolute Gasteiger partial charge is 0.491 e. The van der Waals surface area contributed by atoms with Gasteiger partial charge in [0.1, 0.15) is 0 Å². The van der Waals surface area contributed by atoms with Crippen molar-refractivity contribution in [2.45, 2.75) is 27.1 Å². The molecule has 0 aliphatic heterocycles. The lowest BCUT2D eigenvalue weighted by Gasteiger charge is -2.08. The van der Waals surface area contributed by atoms with Crippen LogP contribution in [0.1, 0.15) is 27.4 Å². The fourth-order valence-corrected chi connectivity index (χ4v) is 3.10. The summed E-state index contributed by atoms with van der Waals surface area (Å²) in [5.74, 6) is -0.864. The monoisotopic (exact) mass is 421 g/mol. The molecule has 4 rings (SSSR count). The van der Waals surface area contributed by atoms with E-state index in [9.17, 15) is 14.9 Å². The summed E-state index contributed by atoms with van der Waals surface area (Å²) >= 11 is 0. The lowest BCUT2D eigenvalue weighted by Crippen LogP contribution is -2.15. The summed E-state index contributed by atoms with van der Waals surface area (Å²) in [6, 6.07) is 11.1. The minimum atomic E-state index is -0.679. The van der Waals surface area contributed by atoms with E-state index in [1.54, 1.807) is 18.3 Å². The van der Waals surface area contributed by atoms with Gasteiger partial charge in [-0.25, -0.2) is 4.68 Å². The Labute approximate surface area is 176 Å². The third-order valence-electron chi connectivity index (χ3n) is 4.47. The van der Waals surface area contributed by atoms with Gasteiger partial charge in [0.25, 0.3) is 5.91 Å². The Morgan fingerprint density at radius 3 is 2.68 bits per heavy atom. The molecule has 1 amide bonds. The Morgan fingerprint density at radius 2 is 1.97 bits per heavy atom. The Morgan fingerprint density at radius 1 is 1.13 bits per heavy atom. The first-order valence-corrected chi connectivity index (χ1v) is 9.36. The molecule has 0 saturated carbocycles. The number of aromatic nitrogens is 7. The molecule has 0 saturated heterocycles. The fourth-order valence-electron chi connectivity index (χ4n) is 3.10. The first kappa shape index (κ1) is 19.9. The van der Waals surface area contributed by atoms with Gasteiger partial charge in [-0.05, 0) is 48.6 Å². The van der Waals surface area contributed by atoms with Gasteiger partial charge in [0, 0.05) is 22.7 Å². The van der Waals surface area contributed by atoms with Crippen molar-refractivity contribution in [3.8, 4) is 0 Å². The first-order chi connectivity index (χ1) is 14.9. The van der Waals surface area contributed by atoms with E-state index in [0.717, 1.165) is 17.0 Å². The van der Waals surface area contributed by atoms with E-state index in [1.165, 1.54) is 15.7 Å². The van der Waals surface area contributed by atoms with Gasteiger partial charge in [-0.1, -0.05) is 17.1 Å². The molecule has 3 aromatic heterocycles. The maximum Gasteiger partial charge on any atom is 0.491 e. The van der Waals surface area contributed by atoms with E-state index in [2.05, 4.69) is 25.6 Å². The van der Waals surface area contributed by atoms with E-state index in [0.29, 0.717) is 12.2 Å². The van der Waals surface area contributed by atoms with Crippen LogP contribution in [-0.4, -0.2) is 45.2 Å². The molecule has 0 aliphatic carbocycles. The molecule has 3 heterocycles. The van der Waals surface area contributed by atoms with E-state index in [-0.39, 0.29) is 18.3 Å². The molecule has 0 atom stereocenters. The summed E-state index contributed by atoms with van der Waals surface area (Å²) in [7, 11) is 0. The van der Waals surface area contributed by atoms with Gasteiger partial charge in [0.15, 0.2) is 12.4 Å². The van der Waals surface area contributed by atoms with Crippen molar-refractivity contribution in [3.05, 3.63) is 81.7 Å². The Balaban J connectivity index is 1.41. The van der Waals surface area contributed by atoms with Crippen molar-refractivity contribution in [3.63, 3.8) is 0 Å². The van der Waals surface area contributed by atoms with Crippen molar-refractivity contribution in [1.82, 2.24) is 34.3 Å². The highest BCUT2D eigenvalue weighted by Crippen LogP contribution is 2.14. The van der Waals surface area contributed by atoms with Crippen LogP contribution in [0.5, 0.6) is 0 Å². The molecule has 0 radical (unpaired) electrons. The number of hydrogen-bond donors (Lipinski definition) is 1. The van der Waals surface area contributed by atoms with Crippen LogP contribution in [0.2, 0.25) is 0 Å². The molecule has 0 unspecified atom stereocenters. The maximum absolute atomic E-state index is 12.6. The van der Waals surface area contributed by atoms with Crippen LogP contribution in [0.4, 0.5) is 11.6 Å². The van der Waals surface area contributed by atoms with Gasteiger partial charge in [0.2, 0.25) is 6.33 Å². The predicted molar refractivity (Wildman–Crippen MR) is 109 cm³/mol. The van der Waals surface area contributed by atoms with E-state index in [1.807, 2.05) is 42.8 Å². The van der Waals surface area contributed by atoms with Crippen LogP contribution >= 0.6 is 0 Å². The van der Waals surface area contributed by atoms with Gasteiger partial charge < -0.3 is 15.4 Å². The summed E-state index contributed by atoms with van der Waals surface area (Å²) in [5.41, 5.74) is 3.87. The molecule has 0 spiro atoms. The zero-order valence-electron chi connectivity index (χ0n) is 16.8. The number of nitrogens with zero attached hydrogens (tertiary/aromatic N) is 8. The van der Waals surface area contributed by atoms with Crippen LogP contribution in [-0.2, 0) is 13.2 Å². The smallest absolute Gasteiger partial charge is 0.390 e. The zero-order chi connectivity index (χ0) is 22.0. The number of rotatable bonds is 7. The summed E-state index contributed by atoms with van der Waals surface area (Å²) in [5, 5.41) is 25.9. The van der Waals surface area contributed by atoms with Crippen LogP contribution in [0, 0.1) is 24.0 Å². The van der Waals surface area contributed by atoms with E-state index < -0.39 is 10.9 Å². The summed E-state index contributed by atoms with van der Waals surface area (Å²) in [6.45, 7) is 4.64. The number of carbonyl (C=O) groups excluding carboxylic acids is 1. The van der Waals surface area contributed by atoms with Crippen molar-refractivity contribution >= 4 is 17.5 Å².